The van der Waals surface area contributed by atoms with Crippen LogP contribution in [0, 0.1) is 5.82 Å². The fourth-order valence-corrected chi connectivity index (χ4v) is 3.10. The summed E-state index contributed by atoms with van der Waals surface area (Å²) in [6, 6.07) is 14.1. The first-order valence-electron chi connectivity index (χ1n) is 8.41. The molecule has 4 nitrogen and oxygen atoms in total. The quantitative estimate of drug-likeness (QED) is 0.905. The van der Waals surface area contributed by atoms with Crippen molar-refractivity contribution in [2.24, 2.45) is 0 Å². The third-order valence-corrected chi connectivity index (χ3v) is 4.62. The number of amides is 1. The molecule has 5 heteroatoms. The number of carbonyl (C=O) groups excluding carboxylic acids is 1. The highest BCUT2D eigenvalue weighted by molar-refractivity contribution is 5.84. The van der Waals surface area contributed by atoms with E-state index in [2.05, 4.69) is 10.2 Å². The highest BCUT2D eigenvalue weighted by Gasteiger charge is 2.42. The molecule has 1 heterocycles. The lowest BCUT2D eigenvalue weighted by molar-refractivity contribution is -0.121. The van der Waals surface area contributed by atoms with Crippen molar-refractivity contribution in [3.05, 3.63) is 65.5 Å². The van der Waals surface area contributed by atoms with Crippen LogP contribution in [0.5, 0.6) is 5.75 Å². The predicted octanol–water partition coefficient (Wildman–Crippen LogP) is 3.46. The topological polar surface area (TPSA) is 41.6 Å². The third-order valence-electron chi connectivity index (χ3n) is 4.62. The molecular formula is C20H23FN2O2. The normalized spacial score (nSPS) is 19.7. The summed E-state index contributed by atoms with van der Waals surface area (Å²) in [6.45, 7) is 6.78. The lowest BCUT2D eigenvalue weighted by atomic mass is 10.1. The Kier molecular flexibility index (Phi) is 4.77. The van der Waals surface area contributed by atoms with Gasteiger partial charge in [0.2, 0.25) is 5.91 Å². The van der Waals surface area contributed by atoms with Crippen LogP contribution in [0.3, 0.4) is 0 Å². The molecule has 1 unspecified atom stereocenters. The highest BCUT2D eigenvalue weighted by atomic mass is 19.1. The Balaban J connectivity index is 1.63. The van der Waals surface area contributed by atoms with Crippen molar-refractivity contribution in [3.63, 3.8) is 0 Å². The Morgan fingerprint density at radius 1 is 1.16 bits per heavy atom. The van der Waals surface area contributed by atoms with Gasteiger partial charge in [0.25, 0.3) is 0 Å². The molecule has 0 aromatic heterocycles. The summed E-state index contributed by atoms with van der Waals surface area (Å²) in [4.78, 5) is 14.0. The van der Waals surface area contributed by atoms with Crippen LogP contribution < -0.4 is 10.1 Å². The molecule has 0 radical (unpaired) electrons. The van der Waals surface area contributed by atoms with Crippen molar-refractivity contribution < 1.29 is 13.9 Å². The minimum absolute atomic E-state index is 0.0508. The Hall–Kier alpha value is -2.40. The Morgan fingerprint density at radius 2 is 1.84 bits per heavy atom. The first-order chi connectivity index (χ1) is 11.9. The summed E-state index contributed by atoms with van der Waals surface area (Å²) in [5, 5.41) is 3.00. The van der Waals surface area contributed by atoms with Gasteiger partial charge in [-0.25, -0.2) is 4.39 Å². The second-order valence-electron chi connectivity index (χ2n) is 6.88. The van der Waals surface area contributed by atoms with Gasteiger partial charge < -0.3 is 10.1 Å². The number of hydrogen-bond donors (Lipinski definition) is 1. The highest BCUT2D eigenvalue weighted by Crippen LogP contribution is 2.25. The van der Waals surface area contributed by atoms with Gasteiger partial charge in [-0.05, 0) is 44.5 Å². The largest absolute Gasteiger partial charge is 0.489 e. The van der Waals surface area contributed by atoms with E-state index in [1.165, 1.54) is 6.07 Å². The minimum Gasteiger partial charge on any atom is -0.489 e. The van der Waals surface area contributed by atoms with E-state index in [0.717, 1.165) is 5.56 Å². The first kappa shape index (κ1) is 17.4. The molecule has 1 atom stereocenters. The van der Waals surface area contributed by atoms with Gasteiger partial charge in [0.1, 0.15) is 18.2 Å². The van der Waals surface area contributed by atoms with Gasteiger partial charge in [-0.1, -0.05) is 30.3 Å². The van der Waals surface area contributed by atoms with Crippen LogP contribution in [0.1, 0.15) is 31.9 Å². The molecule has 2 aromatic rings. The number of carbonyl (C=O) groups is 1. The van der Waals surface area contributed by atoms with Gasteiger partial charge in [-0.15, -0.1) is 0 Å². The van der Waals surface area contributed by atoms with Crippen molar-refractivity contribution in [1.29, 1.82) is 0 Å². The summed E-state index contributed by atoms with van der Waals surface area (Å²) in [5.74, 6) is 0.478. The number of hydrogen-bond acceptors (Lipinski definition) is 3. The second kappa shape index (κ2) is 6.84. The lowest BCUT2D eigenvalue weighted by Gasteiger charge is -2.32. The average molecular weight is 342 g/mol. The number of nitrogens with zero attached hydrogens (tertiary/aromatic N) is 1. The summed E-state index contributed by atoms with van der Waals surface area (Å²) >= 11 is 0. The van der Waals surface area contributed by atoms with Gasteiger partial charge in [0.15, 0.2) is 0 Å². The van der Waals surface area contributed by atoms with E-state index in [4.69, 9.17) is 4.74 Å². The van der Waals surface area contributed by atoms with E-state index in [1.54, 1.807) is 18.2 Å². The van der Waals surface area contributed by atoms with Crippen LogP contribution in [0.25, 0.3) is 0 Å². The van der Waals surface area contributed by atoms with E-state index in [9.17, 15) is 9.18 Å². The average Bonchev–Trinajstić information content (AvgIpc) is 2.77. The van der Waals surface area contributed by atoms with Gasteiger partial charge in [0, 0.05) is 12.1 Å². The summed E-state index contributed by atoms with van der Waals surface area (Å²) in [6.07, 6.45) is 0. The zero-order valence-electron chi connectivity index (χ0n) is 14.8. The number of ether oxygens (including phenoxy) is 1. The zero-order chi connectivity index (χ0) is 18.0. The van der Waals surface area contributed by atoms with Crippen LogP contribution in [-0.2, 0) is 17.9 Å². The molecular weight excluding hydrogens is 319 g/mol. The molecule has 132 valence electrons. The van der Waals surface area contributed by atoms with E-state index < -0.39 is 0 Å². The maximum Gasteiger partial charge on any atom is 0.238 e. The molecule has 0 aliphatic carbocycles. The molecule has 3 rings (SSSR count). The smallest absolute Gasteiger partial charge is 0.238 e. The van der Waals surface area contributed by atoms with Crippen LogP contribution in [0.2, 0.25) is 0 Å². The van der Waals surface area contributed by atoms with Gasteiger partial charge >= 0.3 is 0 Å². The van der Waals surface area contributed by atoms with Crippen LogP contribution in [0.15, 0.2) is 48.5 Å². The molecule has 1 N–H and O–H groups in total. The maximum absolute atomic E-state index is 13.6. The lowest BCUT2D eigenvalue weighted by Crippen LogP contribution is -2.46. The molecule has 0 bridgehead atoms. The first-order valence-corrected chi connectivity index (χ1v) is 8.41. The van der Waals surface area contributed by atoms with E-state index in [-0.39, 0.29) is 30.0 Å². The van der Waals surface area contributed by atoms with Crippen LogP contribution >= 0.6 is 0 Å². The fraction of sp³-hybridized carbons (Fsp3) is 0.350. The minimum atomic E-state index is -0.365. The summed E-state index contributed by atoms with van der Waals surface area (Å²) in [5.41, 5.74) is 1.26. The standard InChI is InChI=1S/C20H23FN2O2/c1-14-19(24)22-20(2,3)23(14)12-15-8-10-17(11-9-15)25-13-16-6-4-5-7-18(16)21/h4-11,14H,12-13H2,1-3H3,(H,22,24). The molecule has 1 amide bonds. The Bertz CT molecular complexity index is 759. The van der Waals surface area contributed by atoms with Crippen molar-refractivity contribution in [3.8, 4) is 5.75 Å². The molecule has 25 heavy (non-hydrogen) atoms. The monoisotopic (exact) mass is 342 g/mol. The molecule has 1 saturated heterocycles. The van der Waals surface area contributed by atoms with Crippen molar-refractivity contribution >= 4 is 5.91 Å². The number of nitrogens with one attached hydrogen (secondary N) is 1. The molecule has 0 saturated carbocycles. The van der Waals surface area contributed by atoms with Crippen molar-refractivity contribution in [1.82, 2.24) is 10.2 Å². The Labute approximate surface area is 147 Å². The summed E-state index contributed by atoms with van der Waals surface area (Å²) < 4.78 is 19.3. The van der Waals surface area contributed by atoms with Gasteiger partial charge in [-0.3, -0.25) is 9.69 Å². The van der Waals surface area contributed by atoms with Crippen molar-refractivity contribution in [2.45, 2.75) is 45.6 Å². The maximum atomic E-state index is 13.6. The number of rotatable bonds is 5. The third kappa shape index (κ3) is 3.82. The SMILES string of the molecule is CC1C(=O)NC(C)(C)N1Cc1ccc(OCc2ccccc2F)cc1. The molecule has 1 aliphatic rings. The van der Waals surface area contributed by atoms with Crippen LogP contribution in [0.4, 0.5) is 4.39 Å². The molecule has 1 aliphatic heterocycles. The predicted molar refractivity (Wildman–Crippen MR) is 94.4 cm³/mol. The number of benzene rings is 2. The van der Waals surface area contributed by atoms with Crippen LogP contribution in [-0.4, -0.2) is 22.5 Å². The zero-order valence-corrected chi connectivity index (χ0v) is 14.8. The van der Waals surface area contributed by atoms with Crippen molar-refractivity contribution in [2.75, 3.05) is 0 Å². The van der Waals surface area contributed by atoms with E-state index in [0.29, 0.717) is 17.9 Å². The van der Waals surface area contributed by atoms with Gasteiger partial charge in [0.05, 0.1) is 11.7 Å². The van der Waals surface area contributed by atoms with Gasteiger partial charge in [-0.2, -0.15) is 0 Å². The second-order valence-corrected chi connectivity index (χ2v) is 6.88. The van der Waals surface area contributed by atoms with E-state index >= 15 is 0 Å². The summed E-state index contributed by atoms with van der Waals surface area (Å²) in [7, 11) is 0. The molecule has 0 spiro atoms. The Morgan fingerprint density at radius 3 is 2.44 bits per heavy atom. The number of halogens is 1. The van der Waals surface area contributed by atoms with E-state index in [1.807, 2.05) is 45.0 Å². The molecule has 2 aromatic carbocycles. The fourth-order valence-electron chi connectivity index (χ4n) is 3.10. The molecule has 1 fully saturated rings.